The van der Waals surface area contributed by atoms with Crippen molar-refractivity contribution in [1.29, 1.82) is 0 Å². The Morgan fingerprint density at radius 1 is 0.812 bits per heavy atom. The van der Waals surface area contributed by atoms with Crippen LogP contribution in [0.3, 0.4) is 0 Å². The number of aryl methyl sites for hydroxylation is 1. The highest BCUT2D eigenvalue weighted by Crippen LogP contribution is 2.54. The highest BCUT2D eigenvalue weighted by molar-refractivity contribution is 7.87. The summed E-state index contributed by atoms with van der Waals surface area (Å²) in [6.45, 7) is 0.451. The average Bonchev–Trinajstić information content (AvgIpc) is 3.12. The summed E-state index contributed by atoms with van der Waals surface area (Å²) in [4.78, 5) is 0. The molecule has 15 heteroatoms. The highest BCUT2D eigenvalue weighted by Gasteiger charge is 2.81. The molecular weight excluding hydrogens is 481 g/mol. The summed E-state index contributed by atoms with van der Waals surface area (Å²) >= 11 is 0. The smallest absolute Gasteiger partial charge is 0.236 e. The molecule has 1 aromatic heterocycles. The maximum absolute atomic E-state index is 13.4. The standard InChI is InChI=1S/C17H25F9N3O2S/c1-27(2)32(30,31)29-12-11-28(13-29)10-8-6-4-3-5-7-9-14(18,19)15(20,21)16(22,23)17(24,25)26/h11-13H,3-10H2,1-2H3/q+1. The molecule has 1 heterocycles. The van der Waals surface area contributed by atoms with Crippen molar-refractivity contribution in [3.8, 4) is 0 Å². The third-order valence-electron chi connectivity index (χ3n) is 4.76. The molecule has 0 spiro atoms. The van der Waals surface area contributed by atoms with Gasteiger partial charge in [-0.25, -0.2) is 4.57 Å². The van der Waals surface area contributed by atoms with Crippen LogP contribution in [0.5, 0.6) is 0 Å². The third kappa shape index (κ3) is 6.29. The molecule has 0 fully saturated rings. The van der Waals surface area contributed by atoms with E-state index in [0.29, 0.717) is 25.8 Å². The maximum atomic E-state index is 13.4. The molecule has 188 valence electrons. The number of hydrogen-bond acceptors (Lipinski definition) is 2. The molecule has 0 atom stereocenters. The molecule has 0 amide bonds. The molecule has 0 unspecified atom stereocenters. The third-order valence-corrected chi connectivity index (χ3v) is 6.43. The van der Waals surface area contributed by atoms with E-state index < -0.39 is 47.0 Å². The van der Waals surface area contributed by atoms with Gasteiger partial charge < -0.3 is 0 Å². The Labute approximate surface area is 180 Å². The predicted octanol–water partition coefficient (Wildman–Crippen LogP) is 4.63. The van der Waals surface area contributed by atoms with Crippen molar-refractivity contribution in [1.82, 2.24) is 8.28 Å². The van der Waals surface area contributed by atoms with Gasteiger partial charge in [-0.3, -0.25) is 0 Å². The van der Waals surface area contributed by atoms with Crippen LogP contribution >= 0.6 is 0 Å². The minimum absolute atomic E-state index is 0.0478. The van der Waals surface area contributed by atoms with E-state index in [1.807, 2.05) is 0 Å². The monoisotopic (exact) mass is 506 g/mol. The van der Waals surface area contributed by atoms with E-state index in [1.165, 1.54) is 26.6 Å². The number of aromatic nitrogens is 2. The summed E-state index contributed by atoms with van der Waals surface area (Å²) in [5, 5.41) is 0. The molecule has 0 aromatic carbocycles. The Kier molecular flexibility index (Phi) is 9.07. The van der Waals surface area contributed by atoms with E-state index in [2.05, 4.69) is 0 Å². The molecule has 0 radical (unpaired) electrons. The van der Waals surface area contributed by atoms with Crippen LogP contribution in [0.4, 0.5) is 39.5 Å². The average molecular weight is 506 g/mol. The molecule has 0 bridgehead atoms. The van der Waals surface area contributed by atoms with Gasteiger partial charge >= 0.3 is 34.2 Å². The maximum Gasteiger partial charge on any atom is 0.460 e. The number of unbranched alkanes of at least 4 members (excludes halogenated alkanes) is 5. The zero-order valence-electron chi connectivity index (χ0n) is 17.4. The van der Waals surface area contributed by atoms with Crippen molar-refractivity contribution in [3.63, 3.8) is 0 Å². The topological polar surface area (TPSA) is 46.2 Å². The Morgan fingerprint density at radius 3 is 1.81 bits per heavy atom. The van der Waals surface area contributed by atoms with Gasteiger partial charge in [-0.2, -0.15) is 52.2 Å². The predicted molar refractivity (Wildman–Crippen MR) is 95.8 cm³/mol. The quantitative estimate of drug-likeness (QED) is 0.223. The van der Waals surface area contributed by atoms with Gasteiger partial charge in [-0.15, -0.1) is 3.97 Å². The molecule has 1 rings (SSSR count). The summed E-state index contributed by atoms with van der Waals surface area (Å²) in [7, 11) is -0.889. The Balaban J connectivity index is 2.37. The summed E-state index contributed by atoms with van der Waals surface area (Å²) in [6, 6.07) is 0. The summed E-state index contributed by atoms with van der Waals surface area (Å²) < 4.78 is 142. The molecule has 0 aliphatic rings. The first-order chi connectivity index (χ1) is 14.4. The molecule has 0 aliphatic carbocycles. The lowest BCUT2D eigenvalue weighted by molar-refractivity contribution is -0.696. The van der Waals surface area contributed by atoms with Crippen molar-refractivity contribution in [2.24, 2.45) is 0 Å². The lowest BCUT2D eigenvalue weighted by Gasteiger charge is -2.33. The second-order valence-corrected chi connectivity index (χ2v) is 9.54. The van der Waals surface area contributed by atoms with Crippen molar-refractivity contribution in [2.45, 2.75) is 75.4 Å². The molecular formula is C17H25F9N3O2S+. The van der Waals surface area contributed by atoms with Gasteiger partial charge in [0.25, 0.3) is 6.33 Å². The normalized spacial score (nSPS) is 14.4. The summed E-state index contributed by atoms with van der Waals surface area (Å²) in [5.41, 5.74) is 0. The largest absolute Gasteiger partial charge is 0.460 e. The van der Waals surface area contributed by atoms with Crippen molar-refractivity contribution < 1.29 is 52.5 Å². The van der Waals surface area contributed by atoms with Gasteiger partial charge in [0, 0.05) is 20.5 Å². The number of rotatable bonds is 13. The Hall–Kier alpha value is -1.51. The SMILES string of the molecule is CN(C)S(=O)(=O)n1cc[n+](CCCCCCCCC(F)(F)C(F)(F)C(F)(F)C(F)(F)F)c1. The van der Waals surface area contributed by atoms with Crippen LogP contribution in [-0.2, 0) is 16.8 Å². The Morgan fingerprint density at radius 2 is 1.31 bits per heavy atom. The molecule has 1 aromatic rings. The number of halogens is 9. The van der Waals surface area contributed by atoms with Crippen LogP contribution < -0.4 is 4.57 Å². The summed E-state index contributed by atoms with van der Waals surface area (Å²) in [6.07, 6.45) is -3.08. The first-order valence-corrected chi connectivity index (χ1v) is 11.0. The van der Waals surface area contributed by atoms with E-state index in [9.17, 15) is 47.9 Å². The highest BCUT2D eigenvalue weighted by atomic mass is 32.2. The van der Waals surface area contributed by atoms with E-state index in [1.54, 1.807) is 10.8 Å². The fourth-order valence-corrected chi connectivity index (χ4v) is 3.57. The van der Waals surface area contributed by atoms with Gasteiger partial charge in [-0.05, 0) is 19.3 Å². The van der Waals surface area contributed by atoms with Crippen LogP contribution in [-0.4, -0.2) is 54.7 Å². The van der Waals surface area contributed by atoms with Gasteiger partial charge in [0.2, 0.25) is 0 Å². The molecule has 32 heavy (non-hydrogen) atoms. The van der Waals surface area contributed by atoms with E-state index in [-0.39, 0.29) is 12.8 Å². The minimum atomic E-state index is -6.84. The van der Waals surface area contributed by atoms with Crippen LogP contribution in [0.15, 0.2) is 18.7 Å². The number of imidazole rings is 1. The van der Waals surface area contributed by atoms with Crippen LogP contribution in [0, 0.1) is 0 Å². The zero-order valence-corrected chi connectivity index (χ0v) is 18.2. The lowest BCUT2D eigenvalue weighted by Crippen LogP contribution is -2.60. The van der Waals surface area contributed by atoms with Crippen molar-refractivity contribution in [3.05, 3.63) is 18.7 Å². The van der Waals surface area contributed by atoms with Gasteiger partial charge in [0.1, 0.15) is 12.4 Å². The molecule has 5 nitrogen and oxygen atoms in total. The molecule has 0 saturated heterocycles. The van der Waals surface area contributed by atoms with Crippen molar-refractivity contribution >= 4 is 10.2 Å². The van der Waals surface area contributed by atoms with Crippen LogP contribution in [0.2, 0.25) is 0 Å². The second kappa shape index (κ2) is 10.2. The lowest BCUT2D eigenvalue weighted by atomic mass is 9.98. The van der Waals surface area contributed by atoms with Gasteiger partial charge in [0.15, 0.2) is 0 Å². The fourth-order valence-electron chi connectivity index (χ4n) is 2.74. The van der Waals surface area contributed by atoms with E-state index >= 15 is 0 Å². The summed E-state index contributed by atoms with van der Waals surface area (Å²) in [5.74, 6) is -18.9. The van der Waals surface area contributed by atoms with E-state index in [4.69, 9.17) is 0 Å². The number of hydrogen-bond donors (Lipinski definition) is 0. The van der Waals surface area contributed by atoms with Crippen molar-refractivity contribution in [2.75, 3.05) is 14.1 Å². The second-order valence-electron chi connectivity index (χ2n) is 7.49. The number of alkyl halides is 9. The molecule has 0 saturated carbocycles. The number of nitrogens with zero attached hydrogens (tertiary/aromatic N) is 3. The zero-order chi connectivity index (χ0) is 25.0. The van der Waals surface area contributed by atoms with Crippen LogP contribution in [0.25, 0.3) is 0 Å². The van der Waals surface area contributed by atoms with Gasteiger partial charge in [-0.1, -0.05) is 19.3 Å². The molecule has 0 N–H and O–H groups in total. The first kappa shape index (κ1) is 28.5. The Bertz CT molecular complexity index is 837. The molecule has 0 aliphatic heterocycles. The van der Waals surface area contributed by atoms with E-state index in [0.717, 1.165) is 8.28 Å². The first-order valence-electron chi connectivity index (χ1n) is 9.58. The van der Waals surface area contributed by atoms with Gasteiger partial charge in [0.05, 0.1) is 6.54 Å². The fraction of sp³-hybridized carbons (Fsp3) is 0.824. The minimum Gasteiger partial charge on any atom is -0.236 e. The van der Waals surface area contributed by atoms with Crippen LogP contribution in [0.1, 0.15) is 44.9 Å².